The maximum absolute atomic E-state index is 15.1. The van der Waals surface area contributed by atoms with Gasteiger partial charge in [-0.25, -0.2) is 14.4 Å². The van der Waals surface area contributed by atoms with Crippen LogP contribution in [0.3, 0.4) is 0 Å². The number of imidazole rings is 1. The van der Waals surface area contributed by atoms with Crippen molar-refractivity contribution in [2.75, 3.05) is 12.3 Å². The van der Waals surface area contributed by atoms with E-state index in [1.165, 1.54) is 23.5 Å². The molecule has 36 heavy (non-hydrogen) atoms. The normalized spacial score (nSPS) is 21.6. The summed E-state index contributed by atoms with van der Waals surface area (Å²) in [5, 5.41) is 0. The first kappa shape index (κ1) is 22.8. The third-order valence-electron chi connectivity index (χ3n) is 6.56. The molecular weight excluding hydrogens is 512 g/mol. The summed E-state index contributed by atoms with van der Waals surface area (Å²) in [6, 6.07) is 3.00. The molecule has 190 valence electrons. The maximum atomic E-state index is 15.1. The van der Waals surface area contributed by atoms with Gasteiger partial charge < -0.3 is 15.4 Å². The van der Waals surface area contributed by atoms with E-state index >= 15 is 4.39 Å². The molecule has 6 rings (SSSR count). The summed E-state index contributed by atoms with van der Waals surface area (Å²) in [5.41, 5.74) is 6.79. The van der Waals surface area contributed by atoms with Crippen molar-refractivity contribution in [2.45, 2.75) is 29.9 Å². The summed E-state index contributed by atoms with van der Waals surface area (Å²) in [6.07, 6.45) is 2.96. The molecule has 2 atom stereocenters. The van der Waals surface area contributed by atoms with E-state index in [-0.39, 0.29) is 40.8 Å². The molecule has 14 heteroatoms. The monoisotopic (exact) mass is 529 g/mol. The van der Waals surface area contributed by atoms with Crippen LogP contribution in [0.1, 0.15) is 34.8 Å². The predicted molar refractivity (Wildman–Crippen MR) is 120 cm³/mol. The van der Waals surface area contributed by atoms with Gasteiger partial charge in [0.05, 0.1) is 35.2 Å². The van der Waals surface area contributed by atoms with Gasteiger partial charge in [0, 0.05) is 24.2 Å². The van der Waals surface area contributed by atoms with E-state index in [2.05, 4.69) is 9.97 Å². The number of piperidine rings is 1. The number of nitrogens with two attached hydrogens (primary N) is 1. The molecule has 0 radical (unpaired) electrons. The third-order valence-corrected chi connectivity index (χ3v) is 7.70. The number of anilines is 1. The summed E-state index contributed by atoms with van der Waals surface area (Å²) in [4.78, 5) is 21.0. The van der Waals surface area contributed by atoms with Gasteiger partial charge in [0.2, 0.25) is 0 Å². The second kappa shape index (κ2) is 6.55. The van der Waals surface area contributed by atoms with Gasteiger partial charge in [-0.05, 0) is 25.0 Å². The molecule has 1 saturated heterocycles. The summed E-state index contributed by atoms with van der Waals surface area (Å²) in [6.45, 7) is 0.171. The Morgan fingerprint density at radius 3 is 2.64 bits per heavy atom. The molecule has 2 N–H and O–H groups in total. The summed E-state index contributed by atoms with van der Waals surface area (Å²) >= 11 is 0. The number of aromatic nitrogens is 3. The number of nitrogen functional groups attached to an aromatic ring is 1. The highest BCUT2D eigenvalue weighted by atomic mass is 32.5. The van der Waals surface area contributed by atoms with E-state index in [4.69, 9.17) is 10.5 Å². The van der Waals surface area contributed by atoms with Crippen molar-refractivity contribution in [1.29, 1.82) is 0 Å². The van der Waals surface area contributed by atoms with Crippen molar-refractivity contribution in [3.63, 3.8) is 0 Å². The van der Waals surface area contributed by atoms with Crippen LogP contribution in [0.2, 0.25) is 0 Å². The highest BCUT2D eigenvalue weighted by Gasteiger charge is 2.66. The number of carbonyl (C=O) groups excluding carboxylic acids is 1. The van der Waals surface area contributed by atoms with Crippen molar-refractivity contribution in [3.8, 4) is 5.75 Å². The molecule has 0 spiro atoms. The van der Waals surface area contributed by atoms with Gasteiger partial charge in [-0.15, -0.1) is 0 Å². The number of hydrogen-bond donors (Lipinski definition) is 1. The van der Waals surface area contributed by atoms with Crippen LogP contribution in [0, 0.1) is 5.82 Å². The Kier molecular flexibility index (Phi) is 4.14. The molecule has 0 unspecified atom stereocenters. The molecule has 1 amide bonds. The molecule has 2 aromatic carbocycles. The van der Waals surface area contributed by atoms with Crippen LogP contribution in [0.15, 0.2) is 47.8 Å². The summed E-state index contributed by atoms with van der Waals surface area (Å²) in [5.74, 6) is -1.82. The molecule has 2 aliphatic rings. The lowest BCUT2D eigenvalue weighted by molar-refractivity contribution is 0.0361. The zero-order chi connectivity index (χ0) is 25.7. The van der Waals surface area contributed by atoms with Crippen LogP contribution in [-0.2, 0) is 0 Å². The van der Waals surface area contributed by atoms with Crippen molar-refractivity contribution >= 4 is 38.5 Å². The predicted octanol–water partition coefficient (Wildman–Crippen LogP) is 6.00. The standard InChI is InChI=1S/C22H17F6N5O2S/c23-14-8-15-16(33-10-30-9-17(33)21(29)31-15)7-13(14)22(34)32-5-1-2-18-20(32)12-4-3-11(6-19(12)35-18)36(24,25,26,27)28/h3-4,6-10,18,20H,1-2,5H2,(H2,29,31)/t18-,20-/m0/s1. The minimum absolute atomic E-state index is 0.128. The van der Waals surface area contributed by atoms with Crippen molar-refractivity contribution in [3.05, 3.63) is 59.8 Å². The fraction of sp³-hybridized carbons (Fsp3) is 0.227. The number of carbonyl (C=O) groups is 1. The molecule has 1 fully saturated rings. The van der Waals surface area contributed by atoms with Crippen molar-refractivity contribution in [1.82, 2.24) is 19.3 Å². The van der Waals surface area contributed by atoms with Crippen LogP contribution < -0.4 is 10.5 Å². The highest BCUT2D eigenvalue weighted by molar-refractivity contribution is 8.45. The first-order chi connectivity index (χ1) is 16.7. The molecule has 0 aliphatic carbocycles. The number of hydrogen-bond acceptors (Lipinski definition) is 5. The zero-order valence-corrected chi connectivity index (χ0v) is 19.0. The molecule has 0 saturated carbocycles. The van der Waals surface area contributed by atoms with E-state index in [9.17, 15) is 24.2 Å². The number of halogens is 6. The Balaban J connectivity index is 1.43. The second-order valence-corrected chi connectivity index (χ2v) is 11.3. The Morgan fingerprint density at radius 2 is 1.89 bits per heavy atom. The first-order valence-electron chi connectivity index (χ1n) is 10.8. The van der Waals surface area contributed by atoms with Gasteiger partial charge >= 0.3 is 10.2 Å². The van der Waals surface area contributed by atoms with Crippen LogP contribution >= 0.6 is 10.2 Å². The Hall–Kier alpha value is -3.68. The van der Waals surface area contributed by atoms with Gasteiger partial charge in [0.15, 0.2) is 0 Å². The Bertz CT molecular complexity index is 1610. The fourth-order valence-corrected chi connectivity index (χ4v) is 5.61. The van der Waals surface area contributed by atoms with E-state index in [0.717, 1.165) is 12.1 Å². The van der Waals surface area contributed by atoms with Crippen LogP contribution in [0.4, 0.5) is 29.6 Å². The van der Waals surface area contributed by atoms with Gasteiger partial charge in [0.25, 0.3) is 5.91 Å². The number of likely N-dealkylation sites (tertiary alicyclic amines) is 1. The minimum Gasteiger partial charge on any atom is -0.487 e. The molecular formula is C22H17F6N5O2S. The van der Waals surface area contributed by atoms with Crippen molar-refractivity contribution in [2.24, 2.45) is 0 Å². The van der Waals surface area contributed by atoms with Gasteiger partial charge in [-0.3, -0.25) is 9.20 Å². The van der Waals surface area contributed by atoms with E-state index in [1.807, 2.05) is 0 Å². The van der Waals surface area contributed by atoms with Gasteiger partial charge in [0.1, 0.15) is 33.9 Å². The maximum Gasteiger partial charge on any atom is 0.310 e. The average Bonchev–Trinajstić information content (AvgIpc) is 3.41. The van der Waals surface area contributed by atoms with Crippen LogP contribution in [-0.4, -0.2) is 37.8 Å². The van der Waals surface area contributed by atoms with Gasteiger partial charge in [-0.2, -0.15) is 0 Å². The number of nitrogens with zero attached hydrogens (tertiary/aromatic N) is 4. The molecule has 2 aromatic heterocycles. The SMILES string of the molecule is Nc1nc2cc(F)c(C(=O)N3CCC[C@@H]4Oc5cc(S(F)(F)(F)(F)F)ccc5[C@@H]43)cc2n2cncc12. The molecule has 4 aromatic rings. The first-order valence-corrected chi connectivity index (χ1v) is 12.7. The van der Waals surface area contributed by atoms with Crippen molar-refractivity contribution < 1.29 is 33.4 Å². The number of rotatable bonds is 2. The molecule has 4 heterocycles. The average molecular weight is 529 g/mol. The topological polar surface area (TPSA) is 85.8 Å². The third kappa shape index (κ3) is 3.42. The summed E-state index contributed by atoms with van der Waals surface area (Å²) < 4.78 is 88.8. The lowest BCUT2D eigenvalue weighted by atomic mass is 9.93. The summed E-state index contributed by atoms with van der Waals surface area (Å²) in [7, 11) is -9.92. The Labute approximate surface area is 199 Å². The van der Waals surface area contributed by atoms with E-state index < -0.39 is 39.0 Å². The van der Waals surface area contributed by atoms with Gasteiger partial charge in [-0.1, -0.05) is 25.5 Å². The Morgan fingerprint density at radius 1 is 1.11 bits per heavy atom. The molecule has 0 bridgehead atoms. The number of benzene rings is 2. The highest BCUT2D eigenvalue weighted by Crippen LogP contribution is 3.02. The van der Waals surface area contributed by atoms with E-state index in [0.29, 0.717) is 29.9 Å². The number of ether oxygens (including phenoxy) is 1. The zero-order valence-electron chi connectivity index (χ0n) is 18.2. The smallest absolute Gasteiger partial charge is 0.310 e. The van der Waals surface area contributed by atoms with E-state index in [1.54, 1.807) is 4.40 Å². The lowest BCUT2D eigenvalue weighted by Crippen LogP contribution is -2.44. The molecule has 2 aliphatic heterocycles. The fourth-order valence-electron chi connectivity index (χ4n) is 4.96. The minimum atomic E-state index is -9.92. The van der Waals surface area contributed by atoms with Crippen LogP contribution in [0.5, 0.6) is 5.75 Å². The molecule has 7 nitrogen and oxygen atoms in total. The quantitative estimate of drug-likeness (QED) is 0.322. The largest absolute Gasteiger partial charge is 0.487 e. The van der Waals surface area contributed by atoms with Crippen LogP contribution in [0.25, 0.3) is 16.6 Å². The lowest BCUT2D eigenvalue weighted by Gasteiger charge is -2.40. The number of amides is 1. The number of fused-ring (bicyclic) bond motifs is 6. The second-order valence-electron chi connectivity index (χ2n) is 8.88.